The zero-order valence-corrected chi connectivity index (χ0v) is 13.3. The van der Waals surface area contributed by atoms with Crippen LogP contribution in [0.15, 0.2) is 12.1 Å². The highest BCUT2D eigenvalue weighted by atomic mass is 32.1. The van der Waals surface area contributed by atoms with Gasteiger partial charge >= 0.3 is 0 Å². The molecule has 0 fully saturated rings. The number of hydrogen-bond donors (Lipinski definition) is 1. The molecule has 0 radical (unpaired) electrons. The average Bonchev–Trinajstić information content (AvgIpc) is 2.66. The van der Waals surface area contributed by atoms with Gasteiger partial charge in [0.25, 0.3) is 0 Å². The van der Waals surface area contributed by atoms with E-state index in [-0.39, 0.29) is 0 Å². The summed E-state index contributed by atoms with van der Waals surface area (Å²) in [5, 5.41) is 4.86. The quantitative estimate of drug-likeness (QED) is 0.886. The molecule has 0 bridgehead atoms. The third-order valence-corrected chi connectivity index (χ3v) is 4.65. The lowest BCUT2D eigenvalue weighted by molar-refractivity contribution is 0.185. The fourth-order valence-electron chi connectivity index (χ4n) is 2.20. The van der Waals surface area contributed by atoms with Crippen LogP contribution in [0.2, 0.25) is 0 Å². The van der Waals surface area contributed by atoms with Gasteiger partial charge in [0, 0.05) is 34.8 Å². The predicted octanol–water partition coefficient (Wildman–Crippen LogP) is 4.16. The standard InChI is InChI=1S/C16H23NOS/c1-10(2)17-8-16-14(9-18-5)13-6-11(3)12(4)7-15(13)19-16/h6-7,10,17H,8-9H2,1-5H3. The maximum atomic E-state index is 5.39. The van der Waals surface area contributed by atoms with Gasteiger partial charge in [-0.05, 0) is 42.5 Å². The summed E-state index contributed by atoms with van der Waals surface area (Å²) in [5.41, 5.74) is 4.06. The number of fused-ring (bicyclic) bond motifs is 1. The molecule has 1 aromatic heterocycles. The number of methoxy groups -OCH3 is 1. The molecular weight excluding hydrogens is 254 g/mol. The molecule has 19 heavy (non-hydrogen) atoms. The first kappa shape index (κ1) is 14.5. The molecule has 104 valence electrons. The summed E-state index contributed by atoms with van der Waals surface area (Å²) < 4.78 is 6.76. The van der Waals surface area contributed by atoms with Crippen LogP contribution in [0.1, 0.15) is 35.4 Å². The Morgan fingerprint density at radius 3 is 2.53 bits per heavy atom. The van der Waals surface area contributed by atoms with E-state index >= 15 is 0 Å². The number of aryl methyl sites for hydroxylation is 2. The Bertz CT molecular complexity index is 572. The summed E-state index contributed by atoms with van der Waals surface area (Å²) in [6.07, 6.45) is 0. The highest BCUT2D eigenvalue weighted by Crippen LogP contribution is 2.33. The van der Waals surface area contributed by atoms with Crippen LogP contribution in [0.4, 0.5) is 0 Å². The number of thiophene rings is 1. The molecule has 0 spiro atoms. The van der Waals surface area contributed by atoms with Gasteiger partial charge in [0.05, 0.1) is 6.61 Å². The van der Waals surface area contributed by atoms with Gasteiger partial charge in [-0.15, -0.1) is 11.3 Å². The van der Waals surface area contributed by atoms with Crippen molar-refractivity contribution < 1.29 is 4.74 Å². The van der Waals surface area contributed by atoms with Crippen molar-refractivity contribution in [2.24, 2.45) is 0 Å². The van der Waals surface area contributed by atoms with Crippen LogP contribution in [-0.2, 0) is 17.9 Å². The lowest BCUT2D eigenvalue weighted by Gasteiger charge is -2.08. The molecule has 1 N–H and O–H groups in total. The molecule has 0 unspecified atom stereocenters. The predicted molar refractivity (Wildman–Crippen MR) is 84.0 cm³/mol. The van der Waals surface area contributed by atoms with Crippen LogP contribution in [-0.4, -0.2) is 13.2 Å². The molecule has 0 amide bonds. The third kappa shape index (κ3) is 3.16. The van der Waals surface area contributed by atoms with Gasteiger partial charge in [-0.3, -0.25) is 0 Å². The maximum absolute atomic E-state index is 5.39. The van der Waals surface area contributed by atoms with Crippen LogP contribution < -0.4 is 5.32 Å². The van der Waals surface area contributed by atoms with Crippen molar-refractivity contribution in [1.82, 2.24) is 5.32 Å². The zero-order valence-electron chi connectivity index (χ0n) is 12.5. The number of hydrogen-bond acceptors (Lipinski definition) is 3. The van der Waals surface area contributed by atoms with Gasteiger partial charge in [-0.25, -0.2) is 0 Å². The molecular formula is C16H23NOS. The topological polar surface area (TPSA) is 21.3 Å². The van der Waals surface area contributed by atoms with E-state index in [0.717, 1.165) is 6.54 Å². The van der Waals surface area contributed by atoms with Crippen LogP contribution in [0.5, 0.6) is 0 Å². The molecule has 1 aromatic carbocycles. The zero-order chi connectivity index (χ0) is 14.0. The summed E-state index contributed by atoms with van der Waals surface area (Å²) in [6, 6.07) is 5.10. The SMILES string of the molecule is COCc1c(CNC(C)C)sc2cc(C)c(C)cc12. The second-order valence-corrected chi connectivity index (χ2v) is 6.54. The van der Waals surface area contributed by atoms with Gasteiger partial charge in [0.2, 0.25) is 0 Å². The second-order valence-electron chi connectivity index (χ2n) is 5.41. The summed E-state index contributed by atoms with van der Waals surface area (Å²) >= 11 is 1.89. The number of nitrogens with one attached hydrogen (secondary N) is 1. The molecule has 0 saturated carbocycles. The number of benzene rings is 1. The maximum Gasteiger partial charge on any atom is 0.0730 e. The van der Waals surface area contributed by atoms with Crippen molar-refractivity contribution in [3.05, 3.63) is 33.7 Å². The molecule has 0 aliphatic heterocycles. The summed E-state index contributed by atoms with van der Waals surface area (Å²) in [6.45, 7) is 10.3. The lowest BCUT2D eigenvalue weighted by atomic mass is 10.0. The molecule has 0 saturated heterocycles. The van der Waals surface area contributed by atoms with Crippen LogP contribution in [0, 0.1) is 13.8 Å². The van der Waals surface area contributed by atoms with E-state index in [1.165, 1.54) is 31.7 Å². The van der Waals surface area contributed by atoms with Crippen LogP contribution >= 0.6 is 11.3 Å². The van der Waals surface area contributed by atoms with Crippen LogP contribution in [0.25, 0.3) is 10.1 Å². The van der Waals surface area contributed by atoms with E-state index in [9.17, 15) is 0 Å². The highest BCUT2D eigenvalue weighted by molar-refractivity contribution is 7.19. The molecule has 0 atom stereocenters. The first-order valence-electron chi connectivity index (χ1n) is 6.76. The largest absolute Gasteiger partial charge is 0.380 e. The van der Waals surface area contributed by atoms with Gasteiger partial charge in [-0.2, -0.15) is 0 Å². The van der Waals surface area contributed by atoms with E-state index < -0.39 is 0 Å². The van der Waals surface area contributed by atoms with E-state index in [4.69, 9.17) is 4.74 Å². The Morgan fingerprint density at radius 2 is 1.89 bits per heavy atom. The first-order chi connectivity index (χ1) is 9.02. The molecule has 2 aromatic rings. The molecule has 2 rings (SSSR count). The number of ether oxygens (including phenoxy) is 1. The third-order valence-electron chi connectivity index (χ3n) is 3.45. The average molecular weight is 277 g/mol. The minimum Gasteiger partial charge on any atom is -0.380 e. The van der Waals surface area contributed by atoms with Gasteiger partial charge in [0.1, 0.15) is 0 Å². The Hall–Kier alpha value is -0.900. The minimum atomic E-state index is 0.504. The molecule has 1 heterocycles. The monoisotopic (exact) mass is 277 g/mol. The van der Waals surface area contributed by atoms with Gasteiger partial charge in [-0.1, -0.05) is 13.8 Å². The number of rotatable bonds is 5. The first-order valence-corrected chi connectivity index (χ1v) is 7.58. The van der Waals surface area contributed by atoms with E-state index in [1.54, 1.807) is 7.11 Å². The van der Waals surface area contributed by atoms with E-state index in [0.29, 0.717) is 12.6 Å². The summed E-state index contributed by atoms with van der Waals surface area (Å²) in [7, 11) is 1.77. The van der Waals surface area contributed by atoms with E-state index in [2.05, 4.69) is 45.1 Å². The normalized spacial score (nSPS) is 11.7. The molecule has 3 heteroatoms. The molecule has 0 aliphatic rings. The van der Waals surface area contributed by atoms with Crippen molar-refractivity contribution >= 4 is 21.4 Å². The Labute approximate surface area is 119 Å². The van der Waals surface area contributed by atoms with Crippen molar-refractivity contribution in [2.75, 3.05) is 7.11 Å². The van der Waals surface area contributed by atoms with Crippen molar-refractivity contribution in [2.45, 2.75) is 46.9 Å². The lowest BCUT2D eigenvalue weighted by Crippen LogP contribution is -2.21. The minimum absolute atomic E-state index is 0.504. The van der Waals surface area contributed by atoms with E-state index in [1.807, 2.05) is 11.3 Å². The van der Waals surface area contributed by atoms with Crippen LogP contribution in [0.3, 0.4) is 0 Å². The summed E-state index contributed by atoms with van der Waals surface area (Å²) in [4.78, 5) is 1.40. The highest BCUT2D eigenvalue weighted by Gasteiger charge is 2.13. The molecule has 2 nitrogen and oxygen atoms in total. The Morgan fingerprint density at radius 1 is 1.21 bits per heavy atom. The second kappa shape index (κ2) is 6.04. The Kier molecular flexibility index (Phi) is 4.61. The molecule has 0 aliphatic carbocycles. The van der Waals surface area contributed by atoms with Crippen molar-refractivity contribution in [3.8, 4) is 0 Å². The fourth-order valence-corrected chi connectivity index (χ4v) is 3.44. The van der Waals surface area contributed by atoms with Gasteiger partial charge in [0.15, 0.2) is 0 Å². The van der Waals surface area contributed by atoms with Gasteiger partial charge < -0.3 is 10.1 Å². The fraction of sp³-hybridized carbons (Fsp3) is 0.500. The summed E-state index contributed by atoms with van der Waals surface area (Å²) in [5.74, 6) is 0. The smallest absolute Gasteiger partial charge is 0.0730 e. The van der Waals surface area contributed by atoms with Crippen molar-refractivity contribution in [3.63, 3.8) is 0 Å². The Balaban J connectivity index is 2.47. The van der Waals surface area contributed by atoms with Crippen molar-refractivity contribution in [1.29, 1.82) is 0 Å².